The first-order valence-electron chi connectivity index (χ1n) is 5.57. The normalized spacial score (nSPS) is 10.5. The summed E-state index contributed by atoms with van der Waals surface area (Å²) in [5.74, 6) is 1.41. The van der Waals surface area contributed by atoms with Crippen LogP contribution >= 0.6 is 0 Å². The van der Waals surface area contributed by atoms with Crippen LogP contribution < -0.4 is 15.2 Å². The van der Waals surface area contributed by atoms with E-state index in [1.54, 1.807) is 12.1 Å². The summed E-state index contributed by atoms with van der Waals surface area (Å²) in [6, 6.07) is 3.25. The Balaban J connectivity index is 2.51. The van der Waals surface area contributed by atoms with Crippen LogP contribution in [0.4, 0.5) is 4.39 Å². The lowest BCUT2D eigenvalue weighted by Gasteiger charge is -2.12. The molecule has 0 saturated carbocycles. The number of aromatic nitrogens is 2. The van der Waals surface area contributed by atoms with Crippen LogP contribution in [0.15, 0.2) is 16.7 Å². The van der Waals surface area contributed by atoms with E-state index in [9.17, 15) is 4.39 Å². The van der Waals surface area contributed by atoms with Gasteiger partial charge >= 0.3 is 0 Å². The van der Waals surface area contributed by atoms with Crippen molar-refractivity contribution < 1.29 is 18.4 Å². The third-order valence-corrected chi connectivity index (χ3v) is 2.60. The summed E-state index contributed by atoms with van der Waals surface area (Å²) in [4.78, 5) is 4.08. The highest BCUT2D eigenvalue weighted by atomic mass is 19.1. The molecule has 1 aromatic heterocycles. The fourth-order valence-electron chi connectivity index (χ4n) is 1.73. The number of alkyl halides is 1. The van der Waals surface area contributed by atoms with Gasteiger partial charge < -0.3 is 19.7 Å². The van der Waals surface area contributed by atoms with Crippen LogP contribution in [0.2, 0.25) is 0 Å². The quantitative estimate of drug-likeness (QED) is 0.887. The third-order valence-electron chi connectivity index (χ3n) is 2.60. The molecule has 0 aliphatic carbocycles. The minimum absolute atomic E-state index is 0.149. The standard InChI is InChI=1S/C12H14FN3O3/c1-17-9-4-7(3-8(5-13)11(9)18-2)12-15-10(6-14)19-16-12/h3-4H,5-6,14H2,1-2H3. The molecule has 2 aromatic rings. The molecule has 0 aliphatic heterocycles. The van der Waals surface area contributed by atoms with Crippen molar-refractivity contribution in [2.45, 2.75) is 13.2 Å². The Hall–Kier alpha value is -2.15. The Morgan fingerprint density at radius 2 is 2.11 bits per heavy atom. The minimum Gasteiger partial charge on any atom is -0.493 e. The van der Waals surface area contributed by atoms with E-state index in [-0.39, 0.29) is 6.54 Å². The summed E-state index contributed by atoms with van der Waals surface area (Å²) >= 11 is 0. The van der Waals surface area contributed by atoms with Crippen molar-refractivity contribution in [2.24, 2.45) is 5.73 Å². The van der Waals surface area contributed by atoms with Gasteiger partial charge in [0.15, 0.2) is 11.5 Å². The van der Waals surface area contributed by atoms with Crippen LogP contribution in [-0.2, 0) is 13.2 Å². The number of halogens is 1. The Bertz CT molecular complexity index is 546. The molecular weight excluding hydrogens is 253 g/mol. The van der Waals surface area contributed by atoms with Gasteiger partial charge in [-0.15, -0.1) is 0 Å². The Labute approximate surface area is 109 Å². The van der Waals surface area contributed by atoms with Gasteiger partial charge in [-0.2, -0.15) is 4.98 Å². The molecule has 6 nitrogen and oxygen atoms in total. The maximum Gasteiger partial charge on any atom is 0.240 e. The lowest BCUT2D eigenvalue weighted by Crippen LogP contribution is -1.97. The number of nitrogens with two attached hydrogens (primary N) is 1. The fourth-order valence-corrected chi connectivity index (χ4v) is 1.73. The molecule has 0 bridgehead atoms. The first-order chi connectivity index (χ1) is 9.23. The maximum atomic E-state index is 13.0. The van der Waals surface area contributed by atoms with E-state index in [0.29, 0.717) is 34.3 Å². The first-order valence-corrected chi connectivity index (χ1v) is 5.57. The van der Waals surface area contributed by atoms with E-state index in [0.717, 1.165) is 0 Å². The molecule has 1 heterocycles. The van der Waals surface area contributed by atoms with Crippen LogP contribution in [0, 0.1) is 0 Å². The summed E-state index contributed by atoms with van der Waals surface area (Å²) in [6.45, 7) is -0.536. The molecule has 0 aliphatic rings. The van der Waals surface area contributed by atoms with Gasteiger partial charge in [-0.25, -0.2) is 4.39 Å². The van der Waals surface area contributed by atoms with Gasteiger partial charge in [0, 0.05) is 11.1 Å². The summed E-state index contributed by atoms with van der Waals surface area (Å²) < 4.78 is 28.3. The molecule has 19 heavy (non-hydrogen) atoms. The average molecular weight is 267 g/mol. The monoisotopic (exact) mass is 267 g/mol. The van der Waals surface area contributed by atoms with Crippen LogP contribution in [0.25, 0.3) is 11.4 Å². The number of methoxy groups -OCH3 is 2. The number of nitrogens with zero attached hydrogens (tertiary/aromatic N) is 2. The SMILES string of the molecule is COc1cc(-c2noc(CN)n2)cc(CF)c1OC. The number of hydrogen-bond acceptors (Lipinski definition) is 6. The second-order valence-corrected chi connectivity index (χ2v) is 3.72. The number of benzene rings is 1. The van der Waals surface area contributed by atoms with E-state index >= 15 is 0 Å². The second-order valence-electron chi connectivity index (χ2n) is 3.72. The van der Waals surface area contributed by atoms with E-state index in [1.807, 2.05) is 0 Å². The van der Waals surface area contributed by atoms with E-state index in [4.69, 9.17) is 19.7 Å². The topological polar surface area (TPSA) is 83.4 Å². The average Bonchev–Trinajstić information content (AvgIpc) is 2.94. The number of rotatable bonds is 5. The molecule has 1 aromatic carbocycles. The summed E-state index contributed by atoms with van der Waals surface area (Å²) in [6.07, 6.45) is 0. The molecule has 0 atom stereocenters. The van der Waals surface area contributed by atoms with E-state index in [1.165, 1.54) is 14.2 Å². The molecule has 0 radical (unpaired) electrons. The van der Waals surface area contributed by atoms with Crippen molar-refractivity contribution >= 4 is 0 Å². The molecule has 0 amide bonds. The lowest BCUT2D eigenvalue weighted by molar-refractivity contribution is 0.345. The van der Waals surface area contributed by atoms with E-state index in [2.05, 4.69) is 10.1 Å². The van der Waals surface area contributed by atoms with Crippen molar-refractivity contribution in [1.82, 2.24) is 10.1 Å². The molecule has 0 unspecified atom stereocenters. The van der Waals surface area contributed by atoms with Gasteiger partial charge in [0.2, 0.25) is 11.7 Å². The summed E-state index contributed by atoms with van der Waals surface area (Å²) in [7, 11) is 2.93. The molecule has 0 fully saturated rings. The Kier molecular flexibility index (Phi) is 3.96. The van der Waals surface area contributed by atoms with Gasteiger partial charge in [-0.1, -0.05) is 5.16 Å². The van der Waals surface area contributed by atoms with Crippen molar-refractivity contribution in [3.05, 3.63) is 23.6 Å². The zero-order valence-corrected chi connectivity index (χ0v) is 10.6. The molecule has 0 saturated heterocycles. The third kappa shape index (κ3) is 2.50. The van der Waals surface area contributed by atoms with E-state index < -0.39 is 6.67 Å². The number of hydrogen-bond donors (Lipinski definition) is 1. The second kappa shape index (κ2) is 5.66. The predicted molar refractivity (Wildman–Crippen MR) is 65.5 cm³/mol. The van der Waals surface area contributed by atoms with Crippen LogP contribution in [0.1, 0.15) is 11.5 Å². The van der Waals surface area contributed by atoms with Crippen LogP contribution in [0.5, 0.6) is 11.5 Å². The highest BCUT2D eigenvalue weighted by Gasteiger charge is 2.16. The van der Waals surface area contributed by atoms with Gasteiger partial charge in [0.25, 0.3) is 0 Å². The molecular formula is C12H14FN3O3. The summed E-state index contributed by atoms with van der Waals surface area (Å²) in [5, 5.41) is 3.78. The minimum atomic E-state index is -0.686. The Morgan fingerprint density at radius 3 is 2.63 bits per heavy atom. The van der Waals surface area contributed by atoms with Crippen molar-refractivity contribution in [1.29, 1.82) is 0 Å². The maximum absolute atomic E-state index is 13.0. The van der Waals surface area contributed by atoms with Gasteiger partial charge in [0.05, 0.1) is 20.8 Å². The molecule has 2 rings (SSSR count). The number of ether oxygens (including phenoxy) is 2. The fraction of sp³-hybridized carbons (Fsp3) is 0.333. The van der Waals surface area contributed by atoms with Gasteiger partial charge in [-0.3, -0.25) is 0 Å². The first kappa shape index (κ1) is 13.3. The van der Waals surface area contributed by atoms with Crippen molar-refractivity contribution in [3.63, 3.8) is 0 Å². The van der Waals surface area contributed by atoms with Crippen LogP contribution in [0.3, 0.4) is 0 Å². The van der Waals surface area contributed by atoms with Crippen LogP contribution in [-0.4, -0.2) is 24.4 Å². The molecule has 102 valence electrons. The van der Waals surface area contributed by atoms with Gasteiger partial charge in [-0.05, 0) is 12.1 Å². The molecule has 7 heteroatoms. The van der Waals surface area contributed by atoms with Gasteiger partial charge in [0.1, 0.15) is 6.67 Å². The van der Waals surface area contributed by atoms with Crippen molar-refractivity contribution in [3.8, 4) is 22.9 Å². The highest BCUT2D eigenvalue weighted by molar-refractivity contribution is 5.63. The highest BCUT2D eigenvalue weighted by Crippen LogP contribution is 2.36. The largest absolute Gasteiger partial charge is 0.493 e. The zero-order chi connectivity index (χ0) is 13.8. The lowest BCUT2D eigenvalue weighted by atomic mass is 10.1. The van der Waals surface area contributed by atoms with Crippen molar-refractivity contribution in [2.75, 3.05) is 14.2 Å². The smallest absolute Gasteiger partial charge is 0.240 e. The summed E-state index contributed by atoms with van der Waals surface area (Å²) in [5.41, 5.74) is 6.33. The molecule has 0 spiro atoms. The molecule has 2 N–H and O–H groups in total. The predicted octanol–water partition coefficient (Wildman–Crippen LogP) is 1.68. The zero-order valence-electron chi connectivity index (χ0n) is 10.6. The Morgan fingerprint density at radius 1 is 1.32 bits per heavy atom.